The SMILES string of the molecule is O=C(ON=C1C=CC(=NOC(=O)c2cc([N+](=O)[O-])cc([N+](=O)[O-])c2)C=C1)c1cc([N+](=O)[O-])cc([N+](=O)[O-])c1. The van der Waals surface area contributed by atoms with Crippen LogP contribution >= 0.6 is 0 Å². The zero-order valence-electron chi connectivity index (χ0n) is 18.4. The van der Waals surface area contributed by atoms with E-state index in [1.165, 1.54) is 24.3 Å². The average Bonchev–Trinajstić information content (AvgIpc) is 2.90. The largest absolute Gasteiger partial charge is 0.366 e. The van der Waals surface area contributed by atoms with Gasteiger partial charge in [0.05, 0.1) is 43.0 Å². The number of hydrogen-bond donors (Lipinski definition) is 0. The number of oxime groups is 2. The number of carbonyl (C=O) groups excluding carboxylic acids is 2. The minimum absolute atomic E-state index is 0.0258. The molecule has 38 heavy (non-hydrogen) atoms. The van der Waals surface area contributed by atoms with Crippen molar-refractivity contribution in [3.8, 4) is 0 Å². The molecule has 1 aliphatic carbocycles. The Morgan fingerprint density at radius 1 is 0.526 bits per heavy atom. The van der Waals surface area contributed by atoms with Crippen LogP contribution in [0.1, 0.15) is 20.7 Å². The molecule has 0 saturated carbocycles. The van der Waals surface area contributed by atoms with E-state index in [1.807, 2.05) is 0 Å². The molecule has 1 aliphatic rings. The predicted octanol–water partition coefficient (Wildman–Crippen LogP) is 3.17. The molecule has 0 radical (unpaired) electrons. The fourth-order valence-electron chi connectivity index (χ4n) is 2.72. The third-order valence-electron chi connectivity index (χ3n) is 4.44. The van der Waals surface area contributed by atoms with E-state index in [4.69, 9.17) is 0 Å². The van der Waals surface area contributed by atoms with Gasteiger partial charge in [-0.3, -0.25) is 40.5 Å². The number of nitrogens with zero attached hydrogens (tertiary/aromatic N) is 6. The summed E-state index contributed by atoms with van der Waals surface area (Å²) in [5.41, 5.74) is -3.74. The van der Waals surface area contributed by atoms with Gasteiger partial charge in [-0.1, -0.05) is 10.3 Å². The highest BCUT2D eigenvalue weighted by atomic mass is 16.7. The molecular formula is C20H10N6O12. The molecular weight excluding hydrogens is 516 g/mol. The highest BCUT2D eigenvalue weighted by molar-refractivity contribution is 6.18. The number of allylic oxidation sites excluding steroid dienone is 4. The number of rotatable bonds is 8. The molecule has 0 aliphatic heterocycles. The van der Waals surface area contributed by atoms with E-state index in [0.717, 1.165) is 24.3 Å². The van der Waals surface area contributed by atoms with Crippen molar-refractivity contribution in [1.29, 1.82) is 0 Å². The van der Waals surface area contributed by atoms with Gasteiger partial charge in [-0.15, -0.1) is 0 Å². The van der Waals surface area contributed by atoms with Crippen LogP contribution in [0, 0.1) is 40.5 Å². The lowest BCUT2D eigenvalue weighted by atomic mass is 10.1. The number of nitro groups is 4. The highest BCUT2D eigenvalue weighted by Gasteiger charge is 2.22. The van der Waals surface area contributed by atoms with Gasteiger partial charge in [0.25, 0.3) is 22.7 Å². The first-order valence-corrected chi connectivity index (χ1v) is 9.77. The van der Waals surface area contributed by atoms with Crippen LogP contribution in [-0.2, 0) is 9.68 Å². The standard InChI is InChI=1S/C20H10N6O12/c27-19(11-5-15(23(29)30)9-16(6-11)24(31)32)37-21-13-1-2-14(4-3-13)22-38-20(28)12-7-17(25(33)34)10-18(8-12)26(35)36/h1-10H. The van der Waals surface area contributed by atoms with E-state index in [2.05, 4.69) is 20.0 Å². The van der Waals surface area contributed by atoms with Gasteiger partial charge in [0.2, 0.25) is 0 Å². The molecule has 0 aromatic heterocycles. The van der Waals surface area contributed by atoms with Crippen molar-refractivity contribution < 1.29 is 39.0 Å². The van der Waals surface area contributed by atoms with E-state index in [1.54, 1.807) is 0 Å². The zero-order valence-corrected chi connectivity index (χ0v) is 18.4. The summed E-state index contributed by atoms with van der Waals surface area (Å²) < 4.78 is 0. The number of non-ortho nitro benzene ring substituents is 4. The third-order valence-corrected chi connectivity index (χ3v) is 4.44. The summed E-state index contributed by atoms with van der Waals surface area (Å²) in [7, 11) is 0. The molecule has 192 valence electrons. The van der Waals surface area contributed by atoms with E-state index in [-0.39, 0.29) is 11.4 Å². The molecule has 0 amide bonds. The van der Waals surface area contributed by atoms with E-state index >= 15 is 0 Å². The Hall–Kier alpha value is -6.20. The Morgan fingerprint density at radius 3 is 1.03 bits per heavy atom. The van der Waals surface area contributed by atoms with Crippen LogP contribution < -0.4 is 0 Å². The topological polar surface area (TPSA) is 250 Å². The molecule has 2 aromatic rings. The number of benzene rings is 2. The lowest BCUT2D eigenvalue weighted by Gasteiger charge is -2.03. The van der Waals surface area contributed by atoms with E-state index in [9.17, 15) is 50.0 Å². The zero-order chi connectivity index (χ0) is 28.0. The van der Waals surface area contributed by atoms with Gasteiger partial charge in [-0.25, -0.2) is 9.59 Å². The molecule has 2 aromatic carbocycles. The maximum Gasteiger partial charge on any atom is 0.366 e. The lowest BCUT2D eigenvalue weighted by Crippen LogP contribution is -2.08. The molecule has 18 nitrogen and oxygen atoms in total. The molecule has 0 atom stereocenters. The van der Waals surface area contributed by atoms with Crippen molar-refractivity contribution in [1.82, 2.24) is 0 Å². The molecule has 0 spiro atoms. The van der Waals surface area contributed by atoms with Gasteiger partial charge >= 0.3 is 11.9 Å². The van der Waals surface area contributed by atoms with Gasteiger partial charge in [-0.2, -0.15) is 0 Å². The van der Waals surface area contributed by atoms with Crippen molar-refractivity contribution in [2.45, 2.75) is 0 Å². The second kappa shape index (κ2) is 11.0. The van der Waals surface area contributed by atoms with Crippen LogP contribution in [0.15, 0.2) is 71.0 Å². The molecule has 0 unspecified atom stereocenters. The van der Waals surface area contributed by atoms with Crippen LogP contribution in [0.25, 0.3) is 0 Å². The molecule has 3 rings (SSSR count). The van der Waals surface area contributed by atoms with Gasteiger partial charge in [0.1, 0.15) is 11.4 Å². The second-order valence-electron chi connectivity index (χ2n) is 6.96. The summed E-state index contributed by atoms with van der Waals surface area (Å²) in [5.74, 6) is -2.43. The molecule has 0 fully saturated rings. The second-order valence-corrected chi connectivity index (χ2v) is 6.96. The molecule has 0 N–H and O–H groups in total. The van der Waals surface area contributed by atoms with E-state index in [0.29, 0.717) is 12.1 Å². The monoisotopic (exact) mass is 526 g/mol. The molecule has 0 saturated heterocycles. The summed E-state index contributed by atoms with van der Waals surface area (Å²) in [5, 5.41) is 50.7. The Bertz CT molecular complexity index is 1330. The summed E-state index contributed by atoms with van der Waals surface area (Å²) in [4.78, 5) is 73.7. The summed E-state index contributed by atoms with van der Waals surface area (Å²) in [6.45, 7) is 0. The Labute approximate surface area is 208 Å². The number of carbonyl (C=O) groups is 2. The first-order chi connectivity index (χ1) is 17.9. The van der Waals surface area contributed by atoms with E-state index < -0.39 is 65.5 Å². The first kappa shape index (κ1) is 26.4. The Morgan fingerprint density at radius 2 is 0.789 bits per heavy atom. The van der Waals surface area contributed by atoms with Gasteiger partial charge in [0.15, 0.2) is 0 Å². The predicted molar refractivity (Wildman–Crippen MR) is 123 cm³/mol. The quantitative estimate of drug-likeness (QED) is 0.208. The lowest BCUT2D eigenvalue weighted by molar-refractivity contribution is -0.394. The summed E-state index contributed by atoms with van der Waals surface area (Å²) >= 11 is 0. The van der Waals surface area contributed by atoms with Crippen LogP contribution in [0.3, 0.4) is 0 Å². The molecule has 0 heterocycles. The van der Waals surface area contributed by atoms with Crippen molar-refractivity contribution in [2.24, 2.45) is 10.3 Å². The maximum atomic E-state index is 12.2. The number of hydrogen-bond acceptors (Lipinski definition) is 14. The van der Waals surface area contributed by atoms with Crippen LogP contribution in [-0.4, -0.2) is 43.1 Å². The van der Waals surface area contributed by atoms with Crippen LogP contribution in [0.2, 0.25) is 0 Å². The molecule has 18 heteroatoms. The van der Waals surface area contributed by atoms with Crippen molar-refractivity contribution in [2.75, 3.05) is 0 Å². The van der Waals surface area contributed by atoms with Crippen LogP contribution in [0.5, 0.6) is 0 Å². The summed E-state index contributed by atoms with van der Waals surface area (Å²) in [6, 6.07) is 4.44. The minimum Gasteiger partial charge on any atom is -0.312 e. The fraction of sp³-hybridized carbons (Fsp3) is 0. The van der Waals surface area contributed by atoms with Crippen molar-refractivity contribution >= 4 is 46.1 Å². The minimum atomic E-state index is -1.22. The van der Waals surface area contributed by atoms with Crippen molar-refractivity contribution in [3.63, 3.8) is 0 Å². The maximum absolute atomic E-state index is 12.2. The average molecular weight is 526 g/mol. The summed E-state index contributed by atoms with van der Waals surface area (Å²) in [6.07, 6.45) is 4.98. The Balaban J connectivity index is 1.68. The van der Waals surface area contributed by atoms with Crippen molar-refractivity contribution in [3.05, 3.63) is 112 Å². The third kappa shape index (κ3) is 6.47. The van der Waals surface area contributed by atoms with Gasteiger partial charge < -0.3 is 9.68 Å². The molecule has 0 bridgehead atoms. The fourth-order valence-corrected chi connectivity index (χ4v) is 2.72. The van der Waals surface area contributed by atoms with Gasteiger partial charge in [-0.05, 0) is 24.3 Å². The first-order valence-electron chi connectivity index (χ1n) is 9.77. The normalized spacial score (nSPS) is 11.9. The van der Waals surface area contributed by atoms with Gasteiger partial charge in [0, 0.05) is 24.3 Å². The highest BCUT2D eigenvalue weighted by Crippen LogP contribution is 2.24. The van der Waals surface area contributed by atoms with Crippen LogP contribution in [0.4, 0.5) is 22.7 Å². The number of nitro benzene ring substituents is 4. The Kier molecular flexibility index (Phi) is 7.66. The smallest absolute Gasteiger partial charge is 0.312 e.